The van der Waals surface area contributed by atoms with E-state index in [-0.39, 0.29) is 11.2 Å². The third-order valence-electron chi connectivity index (χ3n) is 2.97. The van der Waals surface area contributed by atoms with Crippen molar-refractivity contribution in [3.8, 4) is 17.6 Å². The van der Waals surface area contributed by atoms with Gasteiger partial charge in [0.1, 0.15) is 17.0 Å². The number of ether oxygens (including phenoxy) is 1. The van der Waals surface area contributed by atoms with Crippen molar-refractivity contribution in [3.05, 3.63) is 59.4 Å². The molecule has 0 saturated heterocycles. The summed E-state index contributed by atoms with van der Waals surface area (Å²) in [6.07, 6.45) is 1.29. The summed E-state index contributed by atoms with van der Waals surface area (Å²) in [6, 6.07) is 10.5. The molecule has 0 aliphatic carbocycles. The molecule has 0 atom stereocenters. The van der Waals surface area contributed by atoms with Crippen LogP contribution in [-0.4, -0.2) is 27.4 Å². The van der Waals surface area contributed by atoms with E-state index in [4.69, 9.17) is 9.84 Å². The second-order valence-corrected chi connectivity index (χ2v) is 5.85. The Kier molecular flexibility index (Phi) is 5.30. The average Bonchev–Trinajstić information content (AvgIpc) is 2.54. The molecule has 0 aliphatic heterocycles. The first-order valence-corrected chi connectivity index (χ1v) is 7.64. The van der Waals surface area contributed by atoms with Gasteiger partial charge in [-0.15, -0.1) is 0 Å². The predicted molar refractivity (Wildman–Crippen MR) is 92.2 cm³/mol. The van der Waals surface area contributed by atoms with E-state index in [1.54, 1.807) is 6.07 Å². The van der Waals surface area contributed by atoms with Gasteiger partial charge in [0, 0.05) is 17.5 Å². The van der Waals surface area contributed by atoms with Gasteiger partial charge < -0.3 is 9.84 Å². The first-order valence-electron chi connectivity index (χ1n) is 7.01. The van der Waals surface area contributed by atoms with Crippen molar-refractivity contribution in [2.45, 2.75) is 19.4 Å². The van der Waals surface area contributed by atoms with Gasteiger partial charge in [0.25, 0.3) is 0 Å². The van der Waals surface area contributed by atoms with Gasteiger partial charge in [0.15, 0.2) is 0 Å². The minimum Gasteiger partial charge on any atom is -0.487 e. The van der Waals surface area contributed by atoms with Gasteiger partial charge in [0.2, 0.25) is 0 Å². The van der Waals surface area contributed by atoms with E-state index >= 15 is 0 Å². The van der Waals surface area contributed by atoms with Crippen molar-refractivity contribution in [1.29, 1.82) is 0 Å². The molecule has 118 valence electrons. The maximum absolute atomic E-state index is 10.8. The molecular formula is C18H17NO3S. The summed E-state index contributed by atoms with van der Waals surface area (Å²) in [4.78, 5) is 14.8. The molecule has 0 fully saturated rings. The number of pyridine rings is 1. The molecular weight excluding hydrogens is 310 g/mol. The van der Waals surface area contributed by atoms with Crippen LogP contribution in [0.15, 0.2) is 42.6 Å². The SMILES string of the molecule is CC(C)(CS)Oc1ccc(C#Cc2ccc(C(=O)O)cn2)cc1. The lowest BCUT2D eigenvalue weighted by molar-refractivity contribution is 0.0696. The molecule has 0 unspecified atom stereocenters. The van der Waals surface area contributed by atoms with Gasteiger partial charge in [-0.2, -0.15) is 12.6 Å². The van der Waals surface area contributed by atoms with E-state index in [1.165, 1.54) is 12.3 Å². The molecule has 2 rings (SSSR count). The molecule has 1 aromatic carbocycles. The van der Waals surface area contributed by atoms with E-state index < -0.39 is 5.97 Å². The predicted octanol–water partition coefficient (Wildman–Crippen LogP) is 3.27. The van der Waals surface area contributed by atoms with Crippen LogP contribution in [0.3, 0.4) is 0 Å². The van der Waals surface area contributed by atoms with E-state index in [1.807, 2.05) is 38.1 Å². The zero-order valence-corrected chi connectivity index (χ0v) is 13.8. The van der Waals surface area contributed by atoms with Crippen LogP contribution < -0.4 is 4.74 Å². The summed E-state index contributed by atoms with van der Waals surface area (Å²) in [7, 11) is 0. The highest BCUT2D eigenvalue weighted by Crippen LogP contribution is 2.19. The Hall–Kier alpha value is -2.45. The van der Waals surface area contributed by atoms with Crippen molar-refractivity contribution >= 4 is 18.6 Å². The summed E-state index contributed by atoms with van der Waals surface area (Å²) in [5.74, 6) is 6.26. The topological polar surface area (TPSA) is 59.4 Å². The van der Waals surface area contributed by atoms with Gasteiger partial charge in [-0.05, 0) is 56.2 Å². The lowest BCUT2D eigenvalue weighted by Crippen LogP contribution is -2.30. The number of nitrogens with zero attached hydrogens (tertiary/aromatic N) is 1. The highest BCUT2D eigenvalue weighted by molar-refractivity contribution is 7.80. The Morgan fingerprint density at radius 3 is 2.43 bits per heavy atom. The number of carboxylic acids is 1. The minimum atomic E-state index is -1.00. The smallest absolute Gasteiger partial charge is 0.337 e. The number of hydrogen-bond acceptors (Lipinski definition) is 4. The molecule has 0 radical (unpaired) electrons. The molecule has 0 aliphatic rings. The standard InChI is InChI=1S/C18H17NO3S/c1-18(2,12-23)22-16-9-4-13(5-10-16)3-7-15-8-6-14(11-19-15)17(20)21/h4-6,8-11,23H,12H2,1-2H3,(H,20,21). The Labute approximate surface area is 140 Å². The number of rotatable bonds is 4. The van der Waals surface area contributed by atoms with E-state index in [2.05, 4.69) is 29.5 Å². The summed E-state index contributed by atoms with van der Waals surface area (Å²) < 4.78 is 5.81. The van der Waals surface area contributed by atoms with Crippen LogP contribution in [0.5, 0.6) is 5.75 Å². The van der Waals surface area contributed by atoms with Crippen LogP contribution in [0.25, 0.3) is 0 Å². The zero-order valence-electron chi connectivity index (χ0n) is 12.9. The van der Waals surface area contributed by atoms with Crippen LogP contribution in [0, 0.1) is 11.8 Å². The number of aromatic carboxylic acids is 1. The monoisotopic (exact) mass is 327 g/mol. The molecule has 0 saturated carbocycles. The molecule has 23 heavy (non-hydrogen) atoms. The van der Waals surface area contributed by atoms with Crippen molar-refractivity contribution in [2.75, 3.05) is 5.75 Å². The first-order chi connectivity index (χ1) is 10.9. The Morgan fingerprint density at radius 2 is 1.91 bits per heavy atom. The number of thiol groups is 1. The number of carboxylic acid groups (broad SMARTS) is 1. The van der Waals surface area contributed by atoms with Crippen molar-refractivity contribution in [3.63, 3.8) is 0 Å². The number of benzene rings is 1. The van der Waals surface area contributed by atoms with Crippen molar-refractivity contribution in [1.82, 2.24) is 4.98 Å². The van der Waals surface area contributed by atoms with Gasteiger partial charge in [-0.3, -0.25) is 0 Å². The Balaban J connectivity index is 2.08. The number of carbonyl (C=O) groups is 1. The van der Waals surface area contributed by atoms with E-state index in [0.717, 1.165) is 11.3 Å². The fourth-order valence-electron chi connectivity index (χ4n) is 1.69. The molecule has 0 spiro atoms. The lowest BCUT2D eigenvalue weighted by Gasteiger charge is -2.24. The second kappa shape index (κ2) is 7.21. The maximum Gasteiger partial charge on any atom is 0.337 e. The highest BCUT2D eigenvalue weighted by atomic mass is 32.1. The number of hydrogen-bond donors (Lipinski definition) is 2. The average molecular weight is 327 g/mol. The summed E-state index contributed by atoms with van der Waals surface area (Å²) in [5, 5.41) is 8.82. The molecule has 1 aromatic heterocycles. The minimum absolute atomic E-state index is 0.142. The fraction of sp³-hybridized carbons (Fsp3) is 0.222. The molecule has 0 bridgehead atoms. The molecule has 1 heterocycles. The van der Waals surface area contributed by atoms with Gasteiger partial charge >= 0.3 is 5.97 Å². The lowest BCUT2D eigenvalue weighted by atomic mass is 10.1. The molecule has 2 aromatic rings. The first kappa shape index (κ1) is 16.9. The van der Waals surface area contributed by atoms with E-state index in [0.29, 0.717) is 11.4 Å². The Bertz CT molecular complexity index is 741. The quantitative estimate of drug-likeness (QED) is 0.668. The molecule has 0 amide bonds. The van der Waals surface area contributed by atoms with Crippen LogP contribution in [0.1, 0.15) is 35.5 Å². The maximum atomic E-state index is 10.8. The number of aromatic nitrogens is 1. The van der Waals surface area contributed by atoms with Gasteiger partial charge in [-0.25, -0.2) is 9.78 Å². The molecule has 1 N–H and O–H groups in total. The fourth-order valence-corrected chi connectivity index (χ4v) is 1.75. The van der Waals surface area contributed by atoms with Gasteiger partial charge in [0.05, 0.1) is 5.56 Å². The van der Waals surface area contributed by atoms with Crippen LogP contribution in [-0.2, 0) is 0 Å². The normalized spacial score (nSPS) is 10.6. The molecule has 4 nitrogen and oxygen atoms in total. The van der Waals surface area contributed by atoms with Crippen molar-refractivity contribution in [2.24, 2.45) is 0 Å². The van der Waals surface area contributed by atoms with Crippen LogP contribution in [0.2, 0.25) is 0 Å². The summed E-state index contributed by atoms with van der Waals surface area (Å²) in [6.45, 7) is 3.94. The summed E-state index contributed by atoms with van der Waals surface area (Å²) >= 11 is 4.25. The third-order valence-corrected chi connectivity index (χ3v) is 3.74. The van der Waals surface area contributed by atoms with Crippen molar-refractivity contribution < 1.29 is 14.6 Å². The summed E-state index contributed by atoms with van der Waals surface area (Å²) in [5.41, 5.74) is 1.16. The Morgan fingerprint density at radius 1 is 1.22 bits per heavy atom. The van der Waals surface area contributed by atoms with Crippen LogP contribution in [0.4, 0.5) is 0 Å². The van der Waals surface area contributed by atoms with Crippen LogP contribution >= 0.6 is 12.6 Å². The molecule has 5 heteroatoms. The zero-order chi connectivity index (χ0) is 16.9. The largest absolute Gasteiger partial charge is 0.487 e. The highest BCUT2D eigenvalue weighted by Gasteiger charge is 2.16. The third kappa shape index (κ3) is 5.04. The van der Waals surface area contributed by atoms with E-state index in [9.17, 15) is 4.79 Å². The second-order valence-electron chi connectivity index (χ2n) is 5.53. The van der Waals surface area contributed by atoms with Gasteiger partial charge in [-0.1, -0.05) is 5.92 Å².